The number of aliphatic hydroxyl groups is 2. The molecule has 260 valence electrons. The Kier molecular flexibility index (Phi) is 8.65. The van der Waals surface area contributed by atoms with E-state index in [1.54, 1.807) is 39.0 Å². The molecule has 10 atom stereocenters. The van der Waals surface area contributed by atoms with Crippen LogP contribution in [0.25, 0.3) is 0 Å². The average Bonchev–Trinajstić information content (AvgIpc) is 3.32. The molecule has 48 heavy (non-hydrogen) atoms. The molecule has 0 aromatic heterocycles. The van der Waals surface area contributed by atoms with Gasteiger partial charge in [0.15, 0.2) is 5.78 Å². The van der Waals surface area contributed by atoms with Gasteiger partial charge in [0.05, 0.1) is 22.3 Å². The van der Waals surface area contributed by atoms with Gasteiger partial charge in [-0.15, -0.1) is 0 Å². The molecule has 2 N–H and O–H groups in total. The topological polar surface area (TPSA) is 189 Å². The summed E-state index contributed by atoms with van der Waals surface area (Å²) in [5, 5.41) is 26.0. The molecule has 13 nitrogen and oxygen atoms in total. The van der Waals surface area contributed by atoms with E-state index in [-0.39, 0.29) is 23.1 Å². The fraction of sp³-hybridized carbons (Fsp3) is 0.600. The Hall–Kier alpha value is -4.10. The molecule has 0 heterocycles. The largest absolute Gasteiger partial charge is 0.459 e. The van der Waals surface area contributed by atoms with Crippen LogP contribution in [-0.4, -0.2) is 87.6 Å². The molecule has 5 rings (SSSR count). The molecule has 0 aliphatic heterocycles. The van der Waals surface area contributed by atoms with Gasteiger partial charge in [-0.2, -0.15) is 0 Å². The van der Waals surface area contributed by atoms with Crippen molar-refractivity contribution in [3.63, 3.8) is 0 Å². The fourth-order valence-corrected chi connectivity index (χ4v) is 8.91. The maximum atomic E-state index is 14.2. The van der Waals surface area contributed by atoms with Gasteiger partial charge in [-0.3, -0.25) is 24.0 Å². The first-order chi connectivity index (χ1) is 22.2. The molecule has 4 aliphatic carbocycles. The second-order valence-corrected chi connectivity index (χ2v) is 14.3. The van der Waals surface area contributed by atoms with Crippen LogP contribution in [0.5, 0.6) is 0 Å². The molecule has 2 saturated carbocycles. The molecule has 4 aliphatic rings. The molecule has 0 radical (unpaired) electrons. The zero-order valence-electron chi connectivity index (χ0n) is 28.2. The summed E-state index contributed by atoms with van der Waals surface area (Å²) in [6.45, 7) is 10.7. The van der Waals surface area contributed by atoms with Gasteiger partial charge in [0, 0.05) is 39.7 Å². The molecule has 0 spiro atoms. The molecular formula is C35H42O13. The van der Waals surface area contributed by atoms with E-state index in [2.05, 4.69) is 0 Å². The minimum Gasteiger partial charge on any atom is -0.459 e. The molecular weight excluding hydrogens is 628 g/mol. The summed E-state index contributed by atoms with van der Waals surface area (Å²) in [6.07, 6.45) is -8.57. The van der Waals surface area contributed by atoms with Crippen LogP contribution in [0, 0.1) is 22.7 Å². The highest BCUT2D eigenvalue weighted by molar-refractivity contribution is 6.05. The van der Waals surface area contributed by atoms with E-state index in [4.69, 9.17) is 23.7 Å². The Morgan fingerprint density at radius 1 is 0.750 bits per heavy atom. The fourth-order valence-electron chi connectivity index (χ4n) is 8.91. The smallest absolute Gasteiger partial charge is 0.338 e. The minimum atomic E-state index is -2.46. The number of hydrogen-bond donors (Lipinski definition) is 2. The number of ether oxygens (including phenoxy) is 5. The van der Waals surface area contributed by atoms with E-state index in [0.29, 0.717) is 0 Å². The number of Topliss-reactive ketones (excluding diaryl/α,β-unsaturated/α-hetero) is 1. The van der Waals surface area contributed by atoms with Gasteiger partial charge >= 0.3 is 29.8 Å². The molecule has 0 amide bonds. The summed E-state index contributed by atoms with van der Waals surface area (Å²) in [7, 11) is 0. The average molecular weight is 671 g/mol. The summed E-state index contributed by atoms with van der Waals surface area (Å²) < 4.78 is 29.5. The quantitative estimate of drug-likeness (QED) is 0.332. The van der Waals surface area contributed by atoms with Crippen LogP contribution in [0.2, 0.25) is 0 Å². The van der Waals surface area contributed by atoms with Crippen molar-refractivity contribution in [2.45, 2.75) is 110 Å². The molecule has 2 fully saturated rings. The predicted molar refractivity (Wildman–Crippen MR) is 164 cm³/mol. The first-order valence-corrected chi connectivity index (χ1v) is 15.9. The van der Waals surface area contributed by atoms with Crippen LogP contribution in [0.15, 0.2) is 41.5 Å². The number of ketones is 1. The first-order valence-electron chi connectivity index (χ1n) is 15.9. The van der Waals surface area contributed by atoms with Crippen LogP contribution in [0.3, 0.4) is 0 Å². The molecule has 13 heteroatoms. The lowest BCUT2D eigenvalue weighted by Gasteiger charge is -2.53. The van der Waals surface area contributed by atoms with Gasteiger partial charge < -0.3 is 33.9 Å². The van der Waals surface area contributed by atoms with Crippen molar-refractivity contribution in [3.05, 3.63) is 47.0 Å². The Bertz CT molecular complexity index is 1600. The number of carbonyl (C=O) groups is 6. The summed E-state index contributed by atoms with van der Waals surface area (Å²) in [6, 6.07) is 8.04. The number of carbonyl (C=O) groups excluding carboxylic acids is 6. The van der Waals surface area contributed by atoms with Gasteiger partial charge in [0.2, 0.25) is 0 Å². The summed E-state index contributed by atoms with van der Waals surface area (Å²) in [5.74, 6) is -6.82. The molecule has 0 saturated heterocycles. The third-order valence-electron chi connectivity index (χ3n) is 10.5. The van der Waals surface area contributed by atoms with Crippen molar-refractivity contribution in [2.24, 2.45) is 22.7 Å². The lowest BCUT2D eigenvalue weighted by atomic mass is 9.58. The Morgan fingerprint density at radius 3 is 1.79 bits per heavy atom. The minimum absolute atomic E-state index is 0.0107. The Balaban J connectivity index is 1.84. The number of hydrogen-bond acceptors (Lipinski definition) is 13. The van der Waals surface area contributed by atoms with Crippen LogP contribution in [-0.2, 0) is 47.7 Å². The van der Waals surface area contributed by atoms with Crippen LogP contribution >= 0.6 is 0 Å². The van der Waals surface area contributed by atoms with Crippen molar-refractivity contribution in [1.82, 2.24) is 0 Å². The molecule has 1 aromatic carbocycles. The second-order valence-electron chi connectivity index (χ2n) is 14.3. The monoisotopic (exact) mass is 670 g/mol. The highest BCUT2D eigenvalue weighted by atomic mass is 16.6. The van der Waals surface area contributed by atoms with Crippen molar-refractivity contribution in [1.29, 1.82) is 0 Å². The number of benzene rings is 1. The van der Waals surface area contributed by atoms with Gasteiger partial charge in [-0.05, 0) is 50.8 Å². The standard InChI is InChI=1S/C35H42O13/c1-16-14-34(42)24(25(16)48-29(41)21-12-10-9-11-13-21)28(45-18(3)37)35(43)15-22-23(27(44-17(2)36)32(6,7)26(22)40)33(8,30(34)46-19(4)38)31(35)47-20(5)39/h9-13,16,24-25,27-28,30-31,42-43H,14-15H2,1-8H3/t16-,24+,25-,27-,28+,30+,31-,33-,34+,35-/m0/s1. The lowest BCUT2D eigenvalue weighted by molar-refractivity contribution is -0.226. The molecule has 0 unspecified atom stereocenters. The maximum Gasteiger partial charge on any atom is 0.338 e. The Labute approximate surface area is 277 Å². The van der Waals surface area contributed by atoms with E-state index >= 15 is 0 Å². The summed E-state index contributed by atoms with van der Waals surface area (Å²) in [5.41, 5.74) is -7.80. The predicted octanol–water partition coefficient (Wildman–Crippen LogP) is 2.39. The number of fused-ring (bicyclic) bond motifs is 4. The van der Waals surface area contributed by atoms with Crippen LogP contribution < -0.4 is 0 Å². The maximum absolute atomic E-state index is 14.2. The number of rotatable bonds is 6. The van der Waals surface area contributed by atoms with Crippen LogP contribution in [0.1, 0.15) is 78.6 Å². The van der Waals surface area contributed by atoms with Gasteiger partial charge in [-0.1, -0.05) is 25.1 Å². The Morgan fingerprint density at radius 2 is 1.27 bits per heavy atom. The van der Waals surface area contributed by atoms with Gasteiger partial charge in [0.25, 0.3) is 0 Å². The van der Waals surface area contributed by atoms with E-state index in [1.807, 2.05) is 0 Å². The zero-order chi connectivity index (χ0) is 35.7. The lowest BCUT2D eigenvalue weighted by Crippen LogP contribution is -2.66. The second kappa shape index (κ2) is 11.8. The van der Waals surface area contributed by atoms with E-state index in [0.717, 1.165) is 27.7 Å². The van der Waals surface area contributed by atoms with E-state index < -0.39 is 106 Å². The van der Waals surface area contributed by atoms with Crippen molar-refractivity contribution >= 4 is 35.6 Å². The van der Waals surface area contributed by atoms with Gasteiger partial charge in [0.1, 0.15) is 41.7 Å². The van der Waals surface area contributed by atoms with E-state index in [1.165, 1.54) is 19.1 Å². The third-order valence-corrected chi connectivity index (χ3v) is 10.5. The zero-order valence-corrected chi connectivity index (χ0v) is 28.2. The normalized spacial score (nSPS) is 37.8. The third kappa shape index (κ3) is 5.22. The van der Waals surface area contributed by atoms with Gasteiger partial charge in [-0.25, -0.2) is 4.79 Å². The van der Waals surface area contributed by atoms with Crippen molar-refractivity contribution in [3.8, 4) is 0 Å². The highest BCUT2D eigenvalue weighted by Gasteiger charge is 2.80. The van der Waals surface area contributed by atoms with Crippen LogP contribution in [0.4, 0.5) is 0 Å². The first kappa shape index (κ1) is 35.2. The van der Waals surface area contributed by atoms with E-state index in [9.17, 15) is 39.0 Å². The molecule has 1 aromatic rings. The summed E-state index contributed by atoms with van der Waals surface area (Å²) >= 11 is 0. The SMILES string of the molecule is CC(=O)O[C@@H]1[C@H]2[C@@H](OC(=O)c3ccccc3)[C@@H](C)C[C@]2(O)[C@H](OC(C)=O)[C@]2(C)C3=C(C[C@@]1(O)[C@H]2OC(C)=O)C(=O)C(C)(C)[C@H]3OC(C)=O. The summed E-state index contributed by atoms with van der Waals surface area (Å²) in [4.78, 5) is 78.8. The number of esters is 5. The molecule has 2 bridgehead atoms. The van der Waals surface area contributed by atoms with Crippen molar-refractivity contribution < 1.29 is 62.7 Å². The van der Waals surface area contributed by atoms with Crippen molar-refractivity contribution in [2.75, 3.05) is 0 Å². The highest BCUT2D eigenvalue weighted by Crippen LogP contribution is 2.66.